The average Bonchev–Trinajstić information content (AvgIpc) is 2.19. The summed E-state index contributed by atoms with van der Waals surface area (Å²) in [4.78, 5) is 4.24. The van der Waals surface area contributed by atoms with Gasteiger partial charge in [0.15, 0.2) is 0 Å². The van der Waals surface area contributed by atoms with Crippen molar-refractivity contribution in [3.8, 4) is 0 Å². The Morgan fingerprint density at radius 1 is 1.62 bits per heavy atom. The molecule has 2 nitrogen and oxygen atoms in total. The first kappa shape index (κ1) is 10.2. The van der Waals surface area contributed by atoms with Crippen LogP contribution in [0.4, 0.5) is 0 Å². The molecule has 1 aromatic heterocycles. The molecule has 0 saturated carbocycles. The molecule has 0 aliphatic carbocycles. The summed E-state index contributed by atoms with van der Waals surface area (Å²) in [6.45, 7) is 2.84. The van der Waals surface area contributed by atoms with E-state index in [1.165, 1.54) is 5.54 Å². The van der Waals surface area contributed by atoms with E-state index in [1.54, 1.807) is 6.20 Å². The highest BCUT2D eigenvalue weighted by Crippen LogP contribution is 2.06. The van der Waals surface area contributed by atoms with Crippen molar-refractivity contribution >= 4 is 11.6 Å². The highest BCUT2D eigenvalue weighted by atomic mass is 35.5. The fourth-order valence-electron chi connectivity index (χ4n) is 1.03. The Kier molecular flexibility index (Phi) is 4.50. The number of halogens is 1. The molecule has 1 heterocycles. The van der Waals surface area contributed by atoms with Crippen molar-refractivity contribution in [1.29, 1.82) is 0 Å². The molecule has 70 valence electrons. The average molecular weight is 197 g/mol. The molecule has 0 aliphatic rings. The smallest absolute Gasteiger partial charge is 0.0570 e. The zero-order valence-electron chi connectivity index (χ0n) is 7.57. The summed E-state index contributed by atoms with van der Waals surface area (Å²) in [7, 11) is 0. The maximum Gasteiger partial charge on any atom is 0.0570 e. The molecule has 3 heteroatoms. The summed E-state index contributed by atoms with van der Waals surface area (Å²) in [6.07, 6.45) is 3.66. The van der Waals surface area contributed by atoms with Crippen molar-refractivity contribution in [2.24, 2.45) is 0 Å². The minimum absolute atomic E-state index is 0.258. The van der Waals surface area contributed by atoms with Crippen LogP contribution in [0.25, 0.3) is 0 Å². The van der Waals surface area contributed by atoms with E-state index in [2.05, 4.69) is 17.2 Å². The van der Waals surface area contributed by atoms with Crippen molar-refractivity contribution in [1.82, 2.24) is 10.3 Å². The largest absolute Gasteiger partial charge is 0.305 e. The van der Waals surface area contributed by atoms with Crippen LogP contribution in [-0.4, -0.2) is 11.5 Å². The fourth-order valence-corrected chi connectivity index (χ4v) is 1.12. The van der Waals surface area contributed by atoms with E-state index in [-0.39, 0.29) is 6.04 Å². The Balaban J connectivity index is 2.44. The van der Waals surface area contributed by atoms with Gasteiger partial charge in [-0.05, 0) is 19.1 Å². The fraction of sp³-hybridized carbons (Fsp3) is 0.300. The van der Waals surface area contributed by atoms with Gasteiger partial charge in [-0.1, -0.05) is 23.7 Å². The van der Waals surface area contributed by atoms with Crippen molar-refractivity contribution < 1.29 is 0 Å². The zero-order valence-corrected chi connectivity index (χ0v) is 8.33. The third kappa shape index (κ3) is 3.57. The molecule has 0 fully saturated rings. The third-order valence-corrected chi connectivity index (χ3v) is 1.94. The molecular formula is C10H13ClN2. The van der Waals surface area contributed by atoms with Gasteiger partial charge in [-0.25, -0.2) is 0 Å². The SMILES string of the molecule is C[C@H](NC/C=C/Cl)c1ccccn1. The van der Waals surface area contributed by atoms with Crippen molar-refractivity contribution in [3.05, 3.63) is 41.7 Å². The van der Waals surface area contributed by atoms with Gasteiger partial charge in [0.25, 0.3) is 0 Å². The highest BCUT2D eigenvalue weighted by molar-refractivity contribution is 6.25. The Morgan fingerprint density at radius 2 is 2.46 bits per heavy atom. The summed E-state index contributed by atoms with van der Waals surface area (Å²) >= 11 is 5.39. The van der Waals surface area contributed by atoms with Crippen molar-refractivity contribution in [2.75, 3.05) is 6.54 Å². The first-order chi connectivity index (χ1) is 6.34. The monoisotopic (exact) mass is 196 g/mol. The minimum Gasteiger partial charge on any atom is -0.305 e. The molecule has 0 spiro atoms. The van der Waals surface area contributed by atoms with Gasteiger partial charge < -0.3 is 5.32 Å². The molecule has 0 aromatic carbocycles. The van der Waals surface area contributed by atoms with E-state index < -0.39 is 0 Å². The quantitative estimate of drug-likeness (QED) is 0.801. The lowest BCUT2D eigenvalue weighted by molar-refractivity contribution is 0.601. The number of nitrogens with one attached hydrogen (secondary N) is 1. The first-order valence-electron chi connectivity index (χ1n) is 4.24. The Morgan fingerprint density at radius 3 is 3.08 bits per heavy atom. The number of pyridine rings is 1. The Hall–Kier alpha value is -0.860. The standard InChI is InChI=1S/C10H13ClN2/c1-9(12-8-4-6-11)10-5-2-3-7-13-10/h2-7,9,12H,8H2,1H3/b6-4+/t9-/m0/s1. The van der Waals surface area contributed by atoms with E-state index in [4.69, 9.17) is 11.6 Å². The Labute approximate surface area is 83.6 Å². The molecule has 0 saturated heterocycles. The lowest BCUT2D eigenvalue weighted by Crippen LogP contribution is -2.19. The second-order valence-electron chi connectivity index (χ2n) is 2.75. The molecule has 13 heavy (non-hydrogen) atoms. The number of nitrogens with zero attached hydrogens (tertiary/aromatic N) is 1. The molecule has 0 unspecified atom stereocenters. The van der Waals surface area contributed by atoms with Crippen LogP contribution in [0.5, 0.6) is 0 Å². The van der Waals surface area contributed by atoms with Gasteiger partial charge in [0.05, 0.1) is 5.69 Å². The van der Waals surface area contributed by atoms with Crippen LogP contribution >= 0.6 is 11.6 Å². The van der Waals surface area contributed by atoms with Crippen LogP contribution in [0.3, 0.4) is 0 Å². The number of hydrogen-bond donors (Lipinski definition) is 1. The van der Waals surface area contributed by atoms with Crippen LogP contribution in [0.1, 0.15) is 18.7 Å². The highest BCUT2D eigenvalue weighted by Gasteiger charge is 2.02. The lowest BCUT2D eigenvalue weighted by atomic mass is 10.2. The van der Waals surface area contributed by atoms with Crippen LogP contribution in [0.15, 0.2) is 36.0 Å². The van der Waals surface area contributed by atoms with Crippen LogP contribution in [0, 0.1) is 0 Å². The maximum atomic E-state index is 5.39. The molecule has 0 aliphatic heterocycles. The van der Waals surface area contributed by atoms with Gasteiger partial charge in [0.1, 0.15) is 0 Å². The van der Waals surface area contributed by atoms with E-state index in [0.29, 0.717) is 0 Å². The molecule has 1 atom stereocenters. The van der Waals surface area contributed by atoms with Gasteiger partial charge in [0, 0.05) is 24.3 Å². The molecular weight excluding hydrogens is 184 g/mol. The molecule has 1 aromatic rings. The van der Waals surface area contributed by atoms with Crippen LogP contribution < -0.4 is 5.32 Å². The number of hydrogen-bond acceptors (Lipinski definition) is 2. The zero-order chi connectivity index (χ0) is 9.52. The molecule has 0 amide bonds. The predicted octanol–water partition coefficient (Wildman–Crippen LogP) is 2.48. The second-order valence-corrected chi connectivity index (χ2v) is 3.00. The predicted molar refractivity (Wildman–Crippen MR) is 55.6 cm³/mol. The summed E-state index contributed by atoms with van der Waals surface area (Å²) in [5.74, 6) is 0. The normalized spacial score (nSPS) is 13.4. The second kappa shape index (κ2) is 5.73. The van der Waals surface area contributed by atoms with Crippen LogP contribution in [-0.2, 0) is 0 Å². The van der Waals surface area contributed by atoms with Crippen LogP contribution in [0.2, 0.25) is 0 Å². The van der Waals surface area contributed by atoms with Gasteiger partial charge >= 0.3 is 0 Å². The molecule has 0 bridgehead atoms. The molecule has 0 radical (unpaired) electrons. The van der Waals surface area contributed by atoms with E-state index in [0.717, 1.165) is 12.2 Å². The minimum atomic E-state index is 0.258. The summed E-state index contributed by atoms with van der Waals surface area (Å²) in [5.41, 5.74) is 2.56. The Bertz CT molecular complexity index is 259. The van der Waals surface area contributed by atoms with E-state index in [1.807, 2.05) is 24.3 Å². The number of rotatable bonds is 4. The molecule has 1 N–H and O–H groups in total. The summed E-state index contributed by atoms with van der Waals surface area (Å²) in [5, 5.41) is 3.27. The van der Waals surface area contributed by atoms with E-state index in [9.17, 15) is 0 Å². The van der Waals surface area contributed by atoms with Gasteiger partial charge in [-0.2, -0.15) is 0 Å². The summed E-state index contributed by atoms with van der Waals surface area (Å²) < 4.78 is 0. The van der Waals surface area contributed by atoms with Gasteiger partial charge in [-0.3, -0.25) is 4.98 Å². The number of aromatic nitrogens is 1. The first-order valence-corrected chi connectivity index (χ1v) is 4.67. The van der Waals surface area contributed by atoms with Gasteiger partial charge in [0.2, 0.25) is 0 Å². The molecule has 1 rings (SSSR count). The maximum absolute atomic E-state index is 5.39. The lowest BCUT2D eigenvalue weighted by Gasteiger charge is -2.10. The topological polar surface area (TPSA) is 24.9 Å². The van der Waals surface area contributed by atoms with E-state index >= 15 is 0 Å². The summed E-state index contributed by atoms with van der Waals surface area (Å²) in [6, 6.07) is 6.16. The van der Waals surface area contributed by atoms with Crippen molar-refractivity contribution in [3.63, 3.8) is 0 Å². The third-order valence-electron chi connectivity index (χ3n) is 1.76. The van der Waals surface area contributed by atoms with Gasteiger partial charge in [-0.15, -0.1) is 0 Å². The van der Waals surface area contributed by atoms with Crippen molar-refractivity contribution in [2.45, 2.75) is 13.0 Å².